The summed E-state index contributed by atoms with van der Waals surface area (Å²) in [5, 5.41) is 0. The summed E-state index contributed by atoms with van der Waals surface area (Å²) < 4.78 is 5.87. The highest BCUT2D eigenvalue weighted by atomic mass is 16.3. The lowest BCUT2D eigenvalue weighted by Crippen LogP contribution is -2.46. The first-order valence-electron chi connectivity index (χ1n) is 10.2. The molecule has 0 aliphatic carbocycles. The molecule has 0 radical (unpaired) electrons. The summed E-state index contributed by atoms with van der Waals surface area (Å²) in [7, 11) is 1.87. The number of rotatable bonds is 5. The van der Waals surface area contributed by atoms with E-state index in [-0.39, 0.29) is 11.9 Å². The molecule has 2 aromatic carbocycles. The maximum atomic E-state index is 13.1. The topological polar surface area (TPSA) is 70.4 Å². The van der Waals surface area contributed by atoms with Crippen LogP contribution in [-0.2, 0) is 6.42 Å². The third kappa shape index (κ3) is 3.91. The fraction of sp³-hybridized carbons (Fsp3) is 0.391. The molecule has 152 valence electrons. The van der Waals surface area contributed by atoms with Crippen LogP contribution in [0.3, 0.4) is 0 Å². The molecule has 2 heterocycles. The summed E-state index contributed by atoms with van der Waals surface area (Å²) in [6.07, 6.45) is 0.632. The highest BCUT2D eigenvalue weighted by Gasteiger charge is 2.37. The molecular weight excluding hydrogens is 364 g/mol. The summed E-state index contributed by atoms with van der Waals surface area (Å²) in [6, 6.07) is 16.3. The van der Waals surface area contributed by atoms with Crippen molar-refractivity contribution < 1.29 is 9.21 Å². The molecule has 2 N–H and O–H groups in total. The number of aromatic nitrogens is 1. The van der Waals surface area contributed by atoms with Crippen LogP contribution in [0.15, 0.2) is 52.9 Å². The van der Waals surface area contributed by atoms with Gasteiger partial charge in [0.05, 0.1) is 0 Å². The summed E-state index contributed by atoms with van der Waals surface area (Å²) in [5.74, 6) is 0.985. The van der Waals surface area contributed by atoms with Crippen LogP contribution in [0.5, 0.6) is 0 Å². The number of hydrogen-bond donors (Lipinski definition) is 2. The van der Waals surface area contributed by atoms with Crippen molar-refractivity contribution in [1.82, 2.24) is 20.7 Å². The smallest absolute Gasteiger partial charge is 0.253 e. The van der Waals surface area contributed by atoms with E-state index in [1.54, 1.807) is 0 Å². The molecule has 1 aliphatic heterocycles. The molecule has 3 aromatic rings. The Balaban J connectivity index is 1.53. The molecule has 29 heavy (non-hydrogen) atoms. The van der Waals surface area contributed by atoms with Crippen LogP contribution in [0.4, 0.5) is 0 Å². The number of oxazole rings is 1. The lowest BCUT2D eigenvalue weighted by Gasteiger charge is -2.33. The molecule has 1 aromatic heterocycles. The Bertz CT molecular complexity index is 991. The van der Waals surface area contributed by atoms with E-state index in [0.717, 1.165) is 5.56 Å². The van der Waals surface area contributed by atoms with Gasteiger partial charge in [0, 0.05) is 43.1 Å². The van der Waals surface area contributed by atoms with Crippen molar-refractivity contribution in [2.75, 3.05) is 7.05 Å². The van der Waals surface area contributed by atoms with Crippen molar-refractivity contribution in [3.8, 4) is 0 Å². The molecule has 0 saturated carbocycles. The van der Waals surface area contributed by atoms with Crippen LogP contribution in [0, 0.1) is 5.92 Å². The van der Waals surface area contributed by atoms with E-state index >= 15 is 0 Å². The minimum Gasteiger partial charge on any atom is -0.440 e. The van der Waals surface area contributed by atoms with E-state index in [0.29, 0.717) is 47.0 Å². The molecule has 1 saturated heterocycles. The van der Waals surface area contributed by atoms with E-state index in [1.165, 1.54) is 0 Å². The number of carbonyl (C=O) groups is 1. The quantitative estimate of drug-likeness (QED) is 0.697. The van der Waals surface area contributed by atoms with Gasteiger partial charge in [-0.25, -0.2) is 4.98 Å². The van der Waals surface area contributed by atoms with E-state index < -0.39 is 0 Å². The van der Waals surface area contributed by atoms with Gasteiger partial charge in [-0.15, -0.1) is 0 Å². The third-order valence-corrected chi connectivity index (χ3v) is 6.06. The van der Waals surface area contributed by atoms with Gasteiger partial charge >= 0.3 is 0 Å². The van der Waals surface area contributed by atoms with Crippen LogP contribution >= 0.6 is 0 Å². The third-order valence-electron chi connectivity index (χ3n) is 6.06. The molecule has 1 aliphatic rings. The number of nitrogens with zero attached hydrogens (tertiary/aromatic N) is 2. The predicted octanol–water partition coefficient (Wildman–Crippen LogP) is 3.38. The molecule has 1 fully saturated rings. The van der Waals surface area contributed by atoms with Crippen molar-refractivity contribution >= 4 is 17.0 Å². The standard InChI is InChI=1S/C23H28N4O2/c1-14-22(15(2)26-25-14)16(3)27(4)23(28)18-10-11-20-19(13-18)24-21(29-20)12-17-8-6-5-7-9-17/h5-11,13-16,22,25-26H,12H2,1-4H3. The Morgan fingerprint density at radius 2 is 1.83 bits per heavy atom. The van der Waals surface area contributed by atoms with Crippen molar-refractivity contribution in [1.29, 1.82) is 0 Å². The van der Waals surface area contributed by atoms with Crippen LogP contribution in [0.25, 0.3) is 11.1 Å². The Labute approximate surface area is 171 Å². The second-order valence-electron chi connectivity index (χ2n) is 8.05. The summed E-state index contributed by atoms with van der Waals surface area (Å²) in [5.41, 5.74) is 9.73. The van der Waals surface area contributed by atoms with E-state index in [2.05, 4.69) is 48.7 Å². The number of nitrogens with one attached hydrogen (secondary N) is 2. The van der Waals surface area contributed by atoms with Gasteiger partial charge in [-0.1, -0.05) is 30.3 Å². The zero-order chi connectivity index (χ0) is 20.5. The van der Waals surface area contributed by atoms with Crippen molar-refractivity contribution in [2.24, 2.45) is 5.92 Å². The largest absolute Gasteiger partial charge is 0.440 e. The number of fused-ring (bicyclic) bond motifs is 1. The van der Waals surface area contributed by atoms with Gasteiger partial charge in [0.15, 0.2) is 11.5 Å². The van der Waals surface area contributed by atoms with Crippen molar-refractivity contribution in [2.45, 2.75) is 45.3 Å². The lowest BCUT2D eigenvalue weighted by molar-refractivity contribution is 0.0679. The average molecular weight is 393 g/mol. The highest BCUT2D eigenvalue weighted by molar-refractivity contribution is 5.97. The van der Waals surface area contributed by atoms with E-state index in [4.69, 9.17) is 4.42 Å². The van der Waals surface area contributed by atoms with Gasteiger partial charge in [-0.05, 0) is 44.5 Å². The Morgan fingerprint density at radius 1 is 1.14 bits per heavy atom. The number of carbonyl (C=O) groups excluding carboxylic acids is 1. The van der Waals surface area contributed by atoms with E-state index in [9.17, 15) is 4.79 Å². The first kappa shape index (κ1) is 19.6. The Morgan fingerprint density at radius 3 is 2.52 bits per heavy atom. The van der Waals surface area contributed by atoms with Crippen molar-refractivity contribution in [3.05, 3.63) is 65.5 Å². The lowest BCUT2D eigenvalue weighted by atomic mass is 9.88. The van der Waals surface area contributed by atoms with Gasteiger partial charge in [-0.2, -0.15) is 0 Å². The second kappa shape index (κ2) is 7.97. The second-order valence-corrected chi connectivity index (χ2v) is 8.05. The molecule has 6 heteroatoms. The predicted molar refractivity (Wildman–Crippen MR) is 113 cm³/mol. The first-order chi connectivity index (χ1) is 13.9. The maximum absolute atomic E-state index is 13.1. The minimum absolute atomic E-state index is 0.00157. The molecule has 3 atom stereocenters. The molecule has 6 nitrogen and oxygen atoms in total. The number of amides is 1. The molecule has 3 unspecified atom stereocenters. The fourth-order valence-electron chi connectivity index (χ4n) is 4.32. The number of hydrazine groups is 1. The van der Waals surface area contributed by atoms with Crippen LogP contribution in [-0.4, -0.2) is 41.0 Å². The Hall–Kier alpha value is -2.70. The fourth-order valence-corrected chi connectivity index (χ4v) is 4.32. The average Bonchev–Trinajstić information content (AvgIpc) is 3.28. The monoisotopic (exact) mass is 392 g/mol. The molecular formula is C23H28N4O2. The number of hydrogen-bond acceptors (Lipinski definition) is 5. The summed E-state index contributed by atoms with van der Waals surface area (Å²) in [6.45, 7) is 6.40. The summed E-state index contributed by atoms with van der Waals surface area (Å²) >= 11 is 0. The van der Waals surface area contributed by atoms with Crippen molar-refractivity contribution in [3.63, 3.8) is 0 Å². The SMILES string of the molecule is CC1NNC(C)C1C(C)N(C)C(=O)c1ccc2oc(Cc3ccccc3)nc2c1. The normalized spacial score (nSPS) is 22.7. The first-order valence-corrected chi connectivity index (χ1v) is 10.2. The van der Waals surface area contributed by atoms with Gasteiger partial charge in [0.2, 0.25) is 0 Å². The minimum atomic E-state index is -0.00157. The van der Waals surface area contributed by atoms with Crippen LogP contribution < -0.4 is 10.9 Å². The zero-order valence-corrected chi connectivity index (χ0v) is 17.3. The zero-order valence-electron chi connectivity index (χ0n) is 17.3. The molecule has 0 spiro atoms. The summed E-state index contributed by atoms with van der Waals surface area (Å²) in [4.78, 5) is 19.6. The Kier molecular flexibility index (Phi) is 5.39. The number of benzene rings is 2. The van der Waals surface area contributed by atoms with Crippen LogP contribution in [0.2, 0.25) is 0 Å². The highest BCUT2D eigenvalue weighted by Crippen LogP contribution is 2.25. The molecule has 1 amide bonds. The maximum Gasteiger partial charge on any atom is 0.253 e. The van der Waals surface area contributed by atoms with E-state index in [1.807, 2.05) is 48.3 Å². The van der Waals surface area contributed by atoms with Gasteiger partial charge in [0.25, 0.3) is 5.91 Å². The van der Waals surface area contributed by atoms with Gasteiger partial charge < -0.3 is 9.32 Å². The van der Waals surface area contributed by atoms with Crippen LogP contribution in [0.1, 0.15) is 42.6 Å². The van der Waals surface area contributed by atoms with Gasteiger partial charge in [-0.3, -0.25) is 15.6 Å². The molecule has 4 rings (SSSR count). The van der Waals surface area contributed by atoms with Gasteiger partial charge in [0.1, 0.15) is 5.52 Å². The molecule has 0 bridgehead atoms.